The predicted octanol–water partition coefficient (Wildman–Crippen LogP) is 6.49. The highest BCUT2D eigenvalue weighted by molar-refractivity contribution is 5.94. The van der Waals surface area contributed by atoms with Crippen LogP contribution in [-0.2, 0) is 4.74 Å². The van der Waals surface area contributed by atoms with Gasteiger partial charge in [-0.05, 0) is 49.8 Å². The van der Waals surface area contributed by atoms with Gasteiger partial charge in [-0.2, -0.15) is 0 Å². The Morgan fingerprint density at radius 1 is 0.926 bits per heavy atom. The third-order valence-corrected chi connectivity index (χ3v) is 4.81. The molecule has 0 aromatic heterocycles. The molecule has 1 unspecified atom stereocenters. The fourth-order valence-corrected chi connectivity index (χ4v) is 3.16. The fraction of sp³-hybridized carbons (Fsp3) is 0.652. The third-order valence-electron chi connectivity index (χ3n) is 4.81. The van der Waals surface area contributed by atoms with Crippen LogP contribution in [0.3, 0.4) is 0 Å². The molecule has 0 saturated heterocycles. The van der Waals surface area contributed by atoms with Crippen LogP contribution in [0.5, 0.6) is 0 Å². The molecule has 0 heterocycles. The van der Waals surface area contributed by atoms with E-state index in [2.05, 4.69) is 20.8 Å². The number of benzene rings is 1. The van der Waals surface area contributed by atoms with Crippen LogP contribution in [0, 0.1) is 5.92 Å². The Morgan fingerprint density at radius 2 is 1.52 bits per heavy atom. The minimum atomic E-state index is -1.04. The summed E-state index contributed by atoms with van der Waals surface area (Å²) >= 11 is 0. The van der Waals surface area contributed by atoms with Crippen LogP contribution in [-0.4, -0.2) is 23.1 Å². The van der Waals surface area contributed by atoms with Crippen molar-refractivity contribution in [3.63, 3.8) is 0 Å². The molecule has 0 aliphatic rings. The average Bonchev–Trinajstić information content (AvgIpc) is 2.64. The number of carbonyl (C=O) groups excluding carboxylic acids is 1. The molecule has 0 bridgehead atoms. The first-order valence-electron chi connectivity index (χ1n) is 10.5. The lowest BCUT2D eigenvalue weighted by Crippen LogP contribution is -2.19. The predicted molar refractivity (Wildman–Crippen MR) is 109 cm³/mol. The van der Waals surface area contributed by atoms with Gasteiger partial charge in [0, 0.05) is 0 Å². The Morgan fingerprint density at radius 3 is 2.11 bits per heavy atom. The zero-order chi connectivity index (χ0) is 20.1. The van der Waals surface area contributed by atoms with Gasteiger partial charge < -0.3 is 9.84 Å². The monoisotopic (exact) mass is 376 g/mol. The van der Waals surface area contributed by atoms with Crippen molar-refractivity contribution in [3.8, 4) is 0 Å². The molecule has 1 rings (SSSR count). The molecular weight excluding hydrogens is 340 g/mol. The normalized spacial score (nSPS) is 12.1. The maximum Gasteiger partial charge on any atom is 0.338 e. The molecular formula is C23H36O4. The van der Waals surface area contributed by atoms with Crippen LogP contribution >= 0.6 is 0 Å². The van der Waals surface area contributed by atoms with Crippen molar-refractivity contribution >= 4 is 11.9 Å². The lowest BCUT2D eigenvalue weighted by molar-refractivity contribution is 0.0249. The first-order valence-corrected chi connectivity index (χ1v) is 10.5. The van der Waals surface area contributed by atoms with E-state index in [9.17, 15) is 9.59 Å². The minimum absolute atomic E-state index is 0.0816. The molecule has 0 aliphatic heterocycles. The lowest BCUT2D eigenvalue weighted by Gasteiger charge is -2.18. The second-order valence-electron chi connectivity index (χ2n) is 7.79. The molecule has 152 valence electrons. The van der Waals surface area contributed by atoms with E-state index in [0.717, 1.165) is 44.4 Å². The Labute approximate surface area is 164 Å². The van der Waals surface area contributed by atoms with E-state index in [1.54, 1.807) is 12.1 Å². The highest BCUT2D eigenvalue weighted by Crippen LogP contribution is 2.18. The van der Waals surface area contributed by atoms with Crippen LogP contribution < -0.4 is 0 Å². The van der Waals surface area contributed by atoms with Crippen molar-refractivity contribution in [2.45, 2.75) is 91.1 Å². The van der Waals surface area contributed by atoms with Gasteiger partial charge in [-0.25, -0.2) is 9.59 Å². The largest absolute Gasteiger partial charge is 0.478 e. The number of carbonyl (C=O) groups is 2. The van der Waals surface area contributed by atoms with E-state index in [1.807, 2.05) is 0 Å². The number of rotatable bonds is 14. The molecule has 27 heavy (non-hydrogen) atoms. The molecule has 0 amide bonds. The number of carboxylic acid groups (broad SMARTS) is 1. The molecule has 0 saturated carbocycles. The topological polar surface area (TPSA) is 63.6 Å². The Hall–Kier alpha value is -1.84. The van der Waals surface area contributed by atoms with E-state index in [4.69, 9.17) is 9.84 Å². The van der Waals surface area contributed by atoms with Crippen LogP contribution in [0.25, 0.3) is 0 Å². The fourth-order valence-electron chi connectivity index (χ4n) is 3.16. The van der Waals surface area contributed by atoms with Crippen molar-refractivity contribution in [3.05, 3.63) is 35.4 Å². The average molecular weight is 377 g/mol. The lowest BCUT2D eigenvalue weighted by atomic mass is 10.0. The van der Waals surface area contributed by atoms with Crippen LogP contribution in [0.15, 0.2) is 24.3 Å². The molecule has 4 nitrogen and oxygen atoms in total. The highest BCUT2D eigenvalue weighted by Gasteiger charge is 2.17. The Bertz CT molecular complexity index is 565. The Balaban J connectivity index is 2.58. The zero-order valence-electron chi connectivity index (χ0n) is 17.2. The van der Waals surface area contributed by atoms with Gasteiger partial charge in [-0.3, -0.25) is 0 Å². The second kappa shape index (κ2) is 13.3. The van der Waals surface area contributed by atoms with Crippen molar-refractivity contribution in [1.29, 1.82) is 0 Å². The summed E-state index contributed by atoms with van der Waals surface area (Å²) in [4.78, 5) is 23.6. The maximum absolute atomic E-state index is 12.5. The molecule has 1 N–H and O–H groups in total. The summed E-state index contributed by atoms with van der Waals surface area (Å²) in [6.45, 7) is 6.66. The van der Waals surface area contributed by atoms with Gasteiger partial charge in [0.15, 0.2) is 0 Å². The summed E-state index contributed by atoms with van der Waals surface area (Å²) in [6, 6.07) is 6.07. The molecule has 0 spiro atoms. The van der Waals surface area contributed by atoms with E-state index in [-0.39, 0.29) is 11.7 Å². The number of esters is 1. The van der Waals surface area contributed by atoms with Crippen molar-refractivity contribution < 1.29 is 19.4 Å². The quantitative estimate of drug-likeness (QED) is 0.298. The van der Waals surface area contributed by atoms with E-state index < -0.39 is 11.9 Å². The molecule has 0 fully saturated rings. The number of hydrogen-bond donors (Lipinski definition) is 1. The summed E-state index contributed by atoms with van der Waals surface area (Å²) in [7, 11) is 0. The van der Waals surface area contributed by atoms with Crippen LogP contribution in [0.1, 0.15) is 106 Å². The Kier molecular flexibility index (Phi) is 11.5. The van der Waals surface area contributed by atoms with Crippen molar-refractivity contribution in [1.82, 2.24) is 0 Å². The molecule has 0 aliphatic carbocycles. The number of aromatic carboxylic acids is 1. The number of ether oxygens (including phenoxy) is 1. The maximum atomic E-state index is 12.5. The summed E-state index contributed by atoms with van der Waals surface area (Å²) in [5.74, 6) is -0.721. The SMILES string of the molecule is CCCCCCC(CCCCCC(C)C)OC(=O)c1cccc(C(=O)O)c1. The van der Waals surface area contributed by atoms with E-state index >= 15 is 0 Å². The summed E-state index contributed by atoms with van der Waals surface area (Å²) in [5.41, 5.74) is 0.422. The summed E-state index contributed by atoms with van der Waals surface area (Å²) < 4.78 is 5.75. The van der Waals surface area contributed by atoms with Gasteiger partial charge in [0.2, 0.25) is 0 Å². The minimum Gasteiger partial charge on any atom is -0.478 e. The summed E-state index contributed by atoms with van der Waals surface area (Å²) in [6.07, 6.45) is 11.0. The smallest absolute Gasteiger partial charge is 0.338 e. The first-order chi connectivity index (χ1) is 12.9. The van der Waals surface area contributed by atoms with Gasteiger partial charge in [0.05, 0.1) is 11.1 Å². The van der Waals surface area contributed by atoms with Crippen molar-refractivity contribution in [2.75, 3.05) is 0 Å². The molecule has 1 aromatic rings. The van der Waals surface area contributed by atoms with E-state index in [0.29, 0.717) is 5.56 Å². The van der Waals surface area contributed by atoms with Crippen LogP contribution in [0.2, 0.25) is 0 Å². The molecule has 1 atom stereocenters. The van der Waals surface area contributed by atoms with E-state index in [1.165, 1.54) is 37.8 Å². The van der Waals surface area contributed by atoms with Gasteiger partial charge in [0.25, 0.3) is 0 Å². The molecule has 1 aromatic carbocycles. The van der Waals surface area contributed by atoms with Gasteiger partial charge in [0.1, 0.15) is 6.10 Å². The number of carboxylic acids is 1. The van der Waals surface area contributed by atoms with Gasteiger partial charge in [-0.1, -0.05) is 65.4 Å². The first kappa shape index (κ1) is 23.2. The van der Waals surface area contributed by atoms with Crippen LogP contribution in [0.4, 0.5) is 0 Å². The molecule has 0 radical (unpaired) electrons. The summed E-state index contributed by atoms with van der Waals surface area (Å²) in [5, 5.41) is 9.09. The molecule has 4 heteroatoms. The van der Waals surface area contributed by atoms with Crippen molar-refractivity contribution in [2.24, 2.45) is 5.92 Å². The zero-order valence-corrected chi connectivity index (χ0v) is 17.2. The second-order valence-corrected chi connectivity index (χ2v) is 7.79. The number of unbranched alkanes of at least 4 members (excludes halogenated alkanes) is 5. The van der Waals surface area contributed by atoms with Gasteiger partial charge in [-0.15, -0.1) is 0 Å². The van der Waals surface area contributed by atoms with Gasteiger partial charge >= 0.3 is 11.9 Å². The third kappa shape index (κ3) is 10.2. The number of hydrogen-bond acceptors (Lipinski definition) is 3. The standard InChI is InChI=1S/C23H36O4/c1-4-5-6-9-15-21(16-10-7-8-12-18(2)3)27-23(26)20-14-11-13-19(17-20)22(24)25/h11,13-14,17-18,21H,4-10,12,15-16H2,1-3H3,(H,24,25). The highest BCUT2D eigenvalue weighted by atomic mass is 16.5.